The van der Waals surface area contributed by atoms with Crippen molar-refractivity contribution in [1.82, 2.24) is 5.32 Å². The number of carbonyl (C=O) groups is 2. The van der Waals surface area contributed by atoms with Gasteiger partial charge < -0.3 is 10.6 Å². The molecule has 6 nitrogen and oxygen atoms in total. The highest BCUT2D eigenvalue weighted by molar-refractivity contribution is 8.15. The van der Waals surface area contributed by atoms with Crippen molar-refractivity contribution in [2.75, 3.05) is 5.32 Å². The number of nitrogens with one attached hydrogen (secondary N) is 2. The van der Waals surface area contributed by atoms with Crippen LogP contribution in [0.1, 0.15) is 12.0 Å². The molecule has 27 heavy (non-hydrogen) atoms. The van der Waals surface area contributed by atoms with Crippen LogP contribution in [0.25, 0.3) is 6.08 Å². The summed E-state index contributed by atoms with van der Waals surface area (Å²) >= 11 is 1.20. The van der Waals surface area contributed by atoms with Crippen molar-refractivity contribution in [3.05, 3.63) is 72.3 Å². The Morgan fingerprint density at radius 2 is 1.81 bits per heavy atom. The zero-order chi connectivity index (χ0) is 18.9. The SMILES string of the molecule is O=C(CC1S/C(=N/N=CC=Cc2ccccc2)NC1=O)Nc1ccccc1. The molecule has 0 bridgehead atoms. The number of benzene rings is 2. The van der Waals surface area contributed by atoms with Gasteiger partial charge >= 0.3 is 0 Å². The summed E-state index contributed by atoms with van der Waals surface area (Å²) in [4.78, 5) is 24.1. The van der Waals surface area contributed by atoms with E-state index in [1.54, 1.807) is 24.4 Å². The Hall–Kier alpha value is -3.19. The van der Waals surface area contributed by atoms with Crippen LogP contribution in [0.15, 0.2) is 76.9 Å². The fraction of sp³-hybridized carbons (Fsp3) is 0.100. The Balaban J connectivity index is 1.49. The number of hydrogen-bond donors (Lipinski definition) is 2. The van der Waals surface area contributed by atoms with Crippen LogP contribution < -0.4 is 10.6 Å². The third kappa shape index (κ3) is 5.93. The standard InChI is InChI=1S/C20H18N4O2S/c25-18(22-16-11-5-2-6-12-16)14-17-19(26)23-20(27-17)24-21-13-7-10-15-8-3-1-4-9-15/h1-13,17H,14H2,(H,22,25)(H,23,24,26). The fourth-order valence-electron chi connectivity index (χ4n) is 2.33. The zero-order valence-electron chi connectivity index (χ0n) is 14.4. The van der Waals surface area contributed by atoms with Gasteiger partial charge in [0, 0.05) is 18.3 Å². The fourth-order valence-corrected chi connectivity index (χ4v) is 3.25. The van der Waals surface area contributed by atoms with Crippen molar-refractivity contribution < 1.29 is 9.59 Å². The molecule has 2 N–H and O–H groups in total. The Morgan fingerprint density at radius 1 is 1.11 bits per heavy atom. The minimum atomic E-state index is -0.512. The molecule has 2 aromatic carbocycles. The number of allylic oxidation sites excluding steroid dienone is 1. The predicted octanol–water partition coefficient (Wildman–Crippen LogP) is 3.30. The summed E-state index contributed by atoms with van der Waals surface area (Å²) in [6.45, 7) is 0. The van der Waals surface area contributed by atoms with Crippen molar-refractivity contribution in [2.24, 2.45) is 10.2 Å². The molecule has 1 aliphatic heterocycles. The highest BCUT2D eigenvalue weighted by atomic mass is 32.2. The van der Waals surface area contributed by atoms with Gasteiger partial charge in [0.1, 0.15) is 5.25 Å². The first-order valence-corrected chi connectivity index (χ1v) is 9.24. The van der Waals surface area contributed by atoms with Gasteiger partial charge in [0.2, 0.25) is 11.8 Å². The van der Waals surface area contributed by atoms with Crippen molar-refractivity contribution in [3.63, 3.8) is 0 Å². The number of thioether (sulfide) groups is 1. The molecule has 0 aliphatic carbocycles. The molecule has 2 aromatic rings. The van der Waals surface area contributed by atoms with E-state index in [1.807, 2.05) is 54.6 Å². The summed E-state index contributed by atoms with van der Waals surface area (Å²) in [6.07, 6.45) is 5.29. The van der Waals surface area contributed by atoms with Gasteiger partial charge in [-0.25, -0.2) is 0 Å². The van der Waals surface area contributed by atoms with Crippen LogP contribution in [-0.2, 0) is 9.59 Å². The van der Waals surface area contributed by atoms with Crippen LogP contribution >= 0.6 is 11.8 Å². The van der Waals surface area contributed by atoms with E-state index in [2.05, 4.69) is 20.8 Å². The van der Waals surface area contributed by atoms with E-state index in [-0.39, 0.29) is 18.2 Å². The molecule has 1 aliphatic rings. The lowest BCUT2D eigenvalue weighted by Crippen LogP contribution is -2.28. The average molecular weight is 378 g/mol. The second-order valence-corrected chi connectivity index (χ2v) is 6.85. The van der Waals surface area contributed by atoms with Gasteiger partial charge in [-0.05, 0) is 23.8 Å². The Labute approximate surface area is 161 Å². The van der Waals surface area contributed by atoms with Crippen LogP contribution in [0.4, 0.5) is 5.69 Å². The number of rotatable bonds is 6. The van der Waals surface area contributed by atoms with E-state index >= 15 is 0 Å². The number of anilines is 1. The highest BCUT2D eigenvalue weighted by Gasteiger charge is 2.32. The van der Waals surface area contributed by atoms with E-state index in [1.165, 1.54) is 11.8 Å². The van der Waals surface area contributed by atoms with E-state index in [4.69, 9.17) is 0 Å². The monoisotopic (exact) mass is 378 g/mol. The summed E-state index contributed by atoms with van der Waals surface area (Å²) in [6, 6.07) is 19.0. The number of para-hydroxylation sites is 1. The van der Waals surface area contributed by atoms with Crippen molar-refractivity contribution in [3.8, 4) is 0 Å². The van der Waals surface area contributed by atoms with Gasteiger partial charge in [-0.2, -0.15) is 5.10 Å². The van der Waals surface area contributed by atoms with Crippen LogP contribution in [0.2, 0.25) is 0 Å². The third-order valence-corrected chi connectivity index (χ3v) is 4.67. The second-order valence-electron chi connectivity index (χ2n) is 5.65. The summed E-state index contributed by atoms with van der Waals surface area (Å²) < 4.78 is 0. The van der Waals surface area contributed by atoms with Crippen LogP contribution in [0, 0.1) is 0 Å². The maximum absolute atomic E-state index is 12.1. The molecule has 7 heteroatoms. The number of amidine groups is 1. The molecule has 136 valence electrons. The van der Waals surface area contributed by atoms with Crippen molar-refractivity contribution >= 4 is 46.7 Å². The van der Waals surface area contributed by atoms with Gasteiger partial charge in [0.15, 0.2) is 5.17 Å². The zero-order valence-corrected chi connectivity index (χ0v) is 15.2. The molecule has 0 aromatic heterocycles. The van der Waals surface area contributed by atoms with E-state index in [9.17, 15) is 9.59 Å². The lowest BCUT2D eigenvalue weighted by atomic mass is 10.2. The van der Waals surface area contributed by atoms with Gasteiger partial charge in [-0.1, -0.05) is 66.4 Å². The molecule has 0 radical (unpaired) electrons. The van der Waals surface area contributed by atoms with Crippen LogP contribution in [-0.4, -0.2) is 28.4 Å². The van der Waals surface area contributed by atoms with E-state index in [0.717, 1.165) is 5.56 Å². The number of amides is 2. The van der Waals surface area contributed by atoms with Gasteiger partial charge in [0.05, 0.1) is 0 Å². The lowest BCUT2D eigenvalue weighted by molar-refractivity contribution is -0.122. The average Bonchev–Trinajstić information content (AvgIpc) is 3.02. The van der Waals surface area contributed by atoms with Crippen LogP contribution in [0.3, 0.4) is 0 Å². The second kappa shape index (κ2) is 9.49. The Morgan fingerprint density at radius 3 is 2.56 bits per heavy atom. The van der Waals surface area contributed by atoms with Gasteiger partial charge in [-0.3, -0.25) is 9.59 Å². The lowest BCUT2D eigenvalue weighted by Gasteiger charge is -2.06. The largest absolute Gasteiger partial charge is 0.326 e. The first kappa shape index (κ1) is 18.6. The summed E-state index contributed by atoms with van der Waals surface area (Å²) in [5.74, 6) is -0.457. The molecule has 1 unspecified atom stereocenters. The Bertz CT molecular complexity index is 879. The molecule has 0 saturated carbocycles. The maximum atomic E-state index is 12.1. The summed E-state index contributed by atoms with van der Waals surface area (Å²) in [7, 11) is 0. The topological polar surface area (TPSA) is 82.9 Å². The van der Waals surface area contributed by atoms with Gasteiger partial charge in [0.25, 0.3) is 0 Å². The predicted molar refractivity (Wildman–Crippen MR) is 111 cm³/mol. The Kier molecular flexibility index (Phi) is 6.54. The highest BCUT2D eigenvalue weighted by Crippen LogP contribution is 2.23. The quantitative estimate of drug-likeness (QED) is 0.598. The van der Waals surface area contributed by atoms with Crippen molar-refractivity contribution in [2.45, 2.75) is 11.7 Å². The maximum Gasteiger partial charge on any atom is 0.240 e. The van der Waals surface area contributed by atoms with E-state index < -0.39 is 5.25 Å². The van der Waals surface area contributed by atoms with Crippen LogP contribution in [0.5, 0.6) is 0 Å². The number of nitrogens with zero attached hydrogens (tertiary/aromatic N) is 2. The van der Waals surface area contributed by atoms with Crippen molar-refractivity contribution in [1.29, 1.82) is 0 Å². The summed E-state index contributed by atoms with van der Waals surface area (Å²) in [5.41, 5.74) is 1.76. The molecule has 1 fully saturated rings. The molecule has 2 amide bonds. The first-order valence-electron chi connectivity index (χ1n) is 8.36. The molecule has 3 rings (SSSR count). The molecular weight excluding hydrogens is 360 g/mol. The number of hydrogen-bond acceptors (Lipinski definition) is 5. The molecule has 1 heterocycles. The number of carbonyl (C=O) groups excluding carboxylic acids is 2. The van der Waals surface area contributed by atoms with E-state index in [0.29, 0.717) is 10.9 Å². The summed E-state index contributed by atoms with van der Waals surface area (Å²) in [5, 5.41) is 13.2. The minimum Gasteiger partial charge on any atom is -0.326 e. The molecular formula is C20H18N4O2S. The molecule has 1 saturated heterocycles. The molecule has 1 atom stereocenters. The first-order chi connectivity index (χ1) is 13.2. The smallest absolute Gasteiger partial charge is 0.240 e. The third-order valence-electron chi connectivity index (χ3n) is 3.59. The minimum absolute atomic E-state index is 0.0715. The molecule has 0 spiro atoms. The van der Waals surface area contributed by atoms with Gasteiger partial charge in [-0.15, -0.1) is 5.10 Å². The normalized spacial score (nSPS) is 18.3.